The van der Waals surface area contributed by atoms with E-state index in [-0.39, 0.29) is 0 Å². The summed E-state index contributed by atoms with van der Waals surface area (Å²) in [5.41, 5.74) is 4.87. The van der Waals surface area contributed by atoms with Gasteiger partial charge in [0.25, 0.3) is 0 Å². The Bertz CT molecular complexity index is 610. The Morgan fingerprint density at radius 3 is 3.05 bits per heavy atom. The molecule has 0 atom stereocenters. The van der Waals surface area contributed by atoms with Crippen LogP contribution in [0.4, 0.5) is 0 Å². The summed E-state index contributed by atoms with van der Waals surface area (Å²) in [6.07, 6.45) is 1.83. The highest BCUT2D eigenvalue weighted by Gasteiger charge is 2.15. The molecule has 2 aromatic rings. The molecule has 0 amide bonds. The van der Waals surface area contributed by atoms with Crippen molar-refractivity contribution in [3.05, 3.63) is 57.1 Å². The van der Waals surface area contributed by atoms with Crippen LogP contribution >= 0.6 is 15.9 Å². The highest BCUT2D eigenvalue weighted by atomic mass is 79.9. The Balaban J connectivity index is 1.91. The second-order valence-corrected chi connectivity index (χ2v) is 5.80. The molecule has 0 saturated carbocycles. The number of nitrogens with zero attached hydrogens (tertiary/aromatic N) is 2. The Morgan fingerprint density at radius 2 is 2.21 bits per heavy atom. The van der Waals surface area contributed by atoms with Crippen LogP contribution in [0.3, 0.4) is 0 Å². The van der Waals surface area contributed by atoms with Gasteiger partial charge in [-0.05, 0) is 43.1 Å². The van der Waals surface area contributed by atoms with Crippen LogP contribution in [0.25, 0.3) is 0 Å². The van der Waals surface area contributed by atoms with Crippen LogP contribution in [-0.2, 0) is 19.4 Å². The summed E-state index contributed by atoms with van der Waals surface area (Å²) in [5, 5.41) is 3.37. The van der Waals surface area contributed by atoms with Crippen molar-refractivity contribution in [2.24, 2.45) is 0 Å². The van der Waals surface area contributed by atoms with E-state index in [0.717, 1.165) is 41.9 Å². The molecule has 19 heavy (non-hydrogen) atoms. The molecule has 98 valence electrons. The molecule has 4 heteroatoms. The summed E-state index contributed by atoms with van der Waals surface area (Å²) in [4.78, 5) is 9.37. The first kappa shape index (κ1) is 12.8. The molecule has 2 heterocycles. The lowest BCUT2D eigenvalue weighted by Crippen LogP contribution is -2.26. The van der Waals surface area contributed by atoms with Crippen molar-refractivity contribution >= 4 is 15.9 Å². The zero-order valence-corrected chi connectivity index (χ0v) is 12.5. The first-order valence-electron chi connectivity index (χ1n) is 6.53. The van der Waals surface area contributed by atoms with Gasteiger partial charge in [0, 0.05) is 23.1 Å². The van der Waals surface area contributed by atoms with Crippen molar-refractivity contribution in [2.75, 3.05) is 6.54 Å². The topological polar surface area (TPSA) is 37.8 Å². The Morgan fingerprint density at radius 1 is 1.32 bits per heavy atom. The van der Waals surface area contributed by atoms with Crippen LogP contribution in [0.5, 0.6) is 0 Å². The number of hydrogen-bond acceptors (Lipinski definition) is 3. The number of fused-ring (bicyclic) bond motifs is 1. The molecule has 1 aliphatic heterocycles. The zero-order chi connectivity index (χ0) is 13.2. The summed E-state index contributed by atoms with van der Waals surface area (Å²) in [7, 11) is 0. The van der Waals surface area contributed by atoms with Gasteiger partial charge in [-0.25, -0.2) is 9.97 Å². The lowest BCUT2D eigenvalue weighted by atomic mass is 10.0. The molecular weight excluding hydrogens is 302 g/mol. The monoisotopic (exact) mass is 317 g/mol. The highest BCUT2D eigenvalue weighted by Crippen LogP contribution is 2.18. The molecule has 1 aliphatic rings. The predicted molar refractivity (Wildman–Crippen MR) is 79.1 cm³/mol. The van der Waals surface area contributed by atoms with Gasteiger partial charge in [0.05, 0.1) is 5.69 Å². The molecule has 0 fully saturated rings. The highest BCUT2D eigenvalue weighted by molar-refractivity contribution is 9.10. The summed E-state index contributed by atoms with van der Waals surface area (Å²) in [6.45, 7) is 3.99. The van der Waals surface area contributed by atoms with Gasteiger partial charge in [-0.3, -0.25) is 0 Å². The number of hydrogen-bond donors (Lipinski definition) is 1. The molecule has 0 spiro atoms. The van der Waals surface area contributed by atoms with Crippen LogP contribution in [0, 0.1) is 6.92 Å². The minimum Gasteiger partial charge on any atom is -0.311 e. The minimum atomic E-state index is 0.785. The third-order valence-electron chi connectivity index (χ3n) is 3.44. The molecule has 3 rings (SSSR count). The van der Waals surface area contributed by atoms with E-state index < -0.39 is 0 Å². The number of aryl methyl sites for hydroxylation is 1. The smallest absolute Gasteiger partial charge is 0.133 e. The van der Waals surface area contributed by atoms with Gasteiger partial charge in [-0.2, -0.15) is 0 Å². The van der Waals surface area contributed by atoms with Gasteiger partial charge >= 0.3 is 0 Å². The second-order valence-electron chi connectivity index (χ2n) is 4.88. The summed E-state index contributed by atoms with van der Waals surface area (Å²) < 4.78 is 1.10. The molecule has 0 unspecified atom stereocenters. The molecule has 1 aromatic heterocycles. The van der Waals surface area contributed by atoms with E-state index in [2.05, 4.69) is 45.3 Å². The fourth-order valence-corrected chi connectivity index (χ4v) is 2.96. The van der Waals surface area contributed by atoms with E-state index in [1.807, 2.05) is 12.1 Å². The third-order valence-corrected chi connectivity index (χ3v) is 3.93. The summed E-state index contributed by atoms with van der Waals surface area (Å²) >= 11 is 3.50. The van der Waals surface area contributed by atoms with Crippen molar-refractivity contribution in [1.82, 2.24) is 15.3 Å². The molecular formula is C15H16BrN3. The maximum Gasteiger partial charge on any atom is 0.133 e. The molecule has 0 saturated heterocycles. The first-order chi connectivity index (χ1) is 9.22. The molecule has 0 radical (unpaired) electrons. The zero-order valence-electron chi connectivity index (χ0n) is 10.9. The number of benzene rings is 1. The summed E-state index contributed by atoms with van der Waals surface area (Å²) in [6, 6.07) is 8.32. The fourth-order valence-electron chi connectivity index (χ4n) is 2.52. The van der Waals surface area contributed by atoms with E-state index in [9.17, 15) is 0 Å². The second kappa shape index (κ2) is 5.39. The van der Waals surface area contributed by atoms with E-state index in [4.69, 9.17) is 4.98 Å². The molecule has 1 aromatic carbocycles. The largest absolute Gasteiger partial charge is 0.311 e. The Hall–Kier alpha value is -1.26. The molecule has 0 bridgehead atoms. The van der Waals surface area contributed by atoms with Crippen molar-refractivity contribution in [3.8, 4) is 0 Å². The number of rotatable bonds is 2. The van der Waals surface area contributed by atoms with Crippen LogP contribution in [0.15, 0.2) is 28.7 Å². The quantitative estimate of drug-likeness (QED) is 0.925. The number of nitrogens with one attached hydrogen (secondary N) is 1. The SMILES string of the molecule is Cc1nc(Cc2cccc(Br)c2)nc2c1CCNC2. The van der Waals surface area contributed by atoms with Gasteiger partial charge in [-0.15, -0.1) is 0 Å². The minimum absolute atomic E-state index is 0.785. The van der Waals surface area contributed by atoms with E-state index in [1.165, 1.54) is 16.8 Å². The van der Waals surface area contributed by atoms with Crippen LogP contribution in [-0.4, -0.2) is 16.5 Å². The maximum atomic E-state index is 4.71. The summed E-state index contributed by atoms with van der Waals surface area (Å²) in [5.74, 6) is 0.915. The molecule has 1 N–H and O–H groups in total. The van der Waals surface area contributed by atoms with Gasteiger partial charge in [0.1, 0.15) is 5.82 Å². The van der Waals surface area contributed by atoms with E-state index in [1.54, 1.807) is 0 Å². The van der Waals surface area contributed by atoms with Crippen LogP contribution < -0.4 is 5.32 Å². The van der Waals surface area contributed by atoms with Crippen molar-refractivity contribution < 1.29 is 0 Å². The van der Waals surface area contributed by atoms with Gasteiger partial charge in [0.2, 0.25) is 0 Å². The standard InChI is InChI=1S/C15H16BrN3/c1-10-13-5-6-17-9-14(13)19-15(18-10)8-11-3-2-4-12(16)7-11/h2-4,7,17H,5-6,8-9H2,1H3. The number of halogens is 1. The Kier molecular flexibility index (Phi) is 3.62. The number of aromatic nitrogens is 2. The lowest BCUT2D eigenvalue weighted by Gasteiger charge is -2.18. The molecule has 0 aliphatic carbocycles. The van der Waals surface area contributed by atoms with Crippen LogP contribution in [0.2, 0.25) is 0 Å². The van der Waals surface area contributed by atoms with E-state index >= 15 is 0 Å². The lowest BCUT2D eigenvalue weighted by molar-refractivity contribution is 0.613. The average Bonchev–Trinajstić information content (AvgIpc) is 2.39. The first-order valence-corrected chi connectivity index (χ1v) is 7.32. The van der Waals surface area contributed by atoms with Gasteiger partial charge in [-0.1, -0.05) is 28.1 Å². The fraction of sp³-hybridized carbons (Fsp3) is 0.333. The van der Waals surface area contributed by atoms with Gasteiger partial charge in [0.15, 0.2) is 0 Å². The predicted octanol–water partition coefficient (Wildman–Crippen LogP) is 2.78. The van der Waals surface area contributed by atoms with E-state index in [0.29, 0.717) is 0 Å². The van der Waals surface area contributed by atoms with Gasteiger partial charge < -0.3 is 5.32 Å². The van der Waals surface area contributed by atoms with Crippen molar-refractivity contribution in [3.63, 3.8) is 0 Å². The van der Waals surface area contributed by atoms with Crippen molar-refractivity contribution in [1.29, 1.82) is 0 Å². The normalized spacial score (nSPS) is 14.2. The Labute approximate surface area is 121 Å². The van der Waals surface area contributed by atoms with Crippen molar-refractivity contribution in [2.45, 2.75) is 26.3 Å². The molecule has 3 nitrogen and oxygen atoms in total. The average molecular weight is 318 g/mol. The van der Waals surface area contributed by atoms with Crippen LogP contribution in [0.1, 0.15) is 28.3 Å². The maximum absolute atomic E-state index is 4.71. The third kappa shape index (κ3) is 2.85.